The van der Waals surface area contributed by atoms with E-state index in [2.05, 4.69) is 10.1 Å². The highest BCUT2D eigenvalue weighted by molar-refractivity contribution is 5.34. The average Bonchev–Trinajstić information content (AvgIpc) is 2.15. The SMILES string of the molecule is CNCc1cccc(F)c1OCC(F)(F)F. The standard InChI is InChI=1S/C10H11F4NO/c1-15-5-7-3-2-4-8(11)9(7)16-6-10(12,13)14/h2-4,15H,5-6H2,1H3. The smallest absolute Gasteiger partial charge is 0.422 e. The Morgan fingerprint density at radius 2 is 2.00 bits per heavy atom. The second kappa shape index (κ2) is 5.16. The van der Waals surface area contributed by atoms with Gasteiger partial charge in [-0.1, -0.05) is 12.1 Å². The summed E-state index contributed by atoms with van der Waals surface area (Å²) in [4.78, 5) is 0. The van der Waals surface area contributed by atoms with Crippen LogP contribution in [-0.2, 0) is 6.54 Å². The number of ether oxygens (including phenoxy) is 1. The van der Waals surface area contributed by atoms with Gasteiger partial charge in [0.15, 0.2) is 18.2 Å². The van der Waals surface area contributed by atoms with Crippen molar-refractivity contribution < 1.29 is 22.3 Å². The van der Waals surface area contributed by atoms with Gasteiger partial charge in [0.25, 0.3) is 0 Å². The van der Waals surface area contributed by atoms with Crippen molar-refractivity contribution in [3.05, 3.63) is 29.6 Å². The van der Waals surface area contributed by atoms with Gasteiger partial charge in [0.05, 0.1) is 0 Å². The number of nitrogens with one attached hydrogen (secondary N) is 1. The molecular formula is C10H11F4NO. The number of hydrogen-bond donors (Lipinski definition) is 1. The molecule has 90 valence electrons. The van der Waals surface area contributed by atoms with E-state index in [-0.39, 0.29) is 12.3 Å². The van der Waals surface area contributed by atoms with Crippen LogP contribution in [0.4, 0.5) is 17.6 Å². The van der Waals surface area contributed by atoms with Crippen molar-refractivity contribution >= 4 is 0 Å². The van der Waals surface area contributed by atoms with Crippen LogP contribution in [-0.4, -0.2) is 19.8 Å². The van der Waals surface area contributed by atoms with Crippen molar-refractivity contribution in [1.82, 2.24) is 5.32 Å². The molecule has 16 heavy (non-hydrogen) atoms. The van der Waals surface area contributed by atoms with Crippen LogP contribution in [0.5, 0.6) is 5.75 Å². The summed E-state index contributed by atoms with van der Waals surface area (Å²) >= 11 is 0. The zero-order valence-electron chi connectivity index (χ0n) is 8.57. The first-order valence-electron chi connectivity index (χ1n) is 4.55. The molecule has 1 N–H and O–H groups in total. The summed E-state index contributed by atoms with van der Waals surface area (Å²) in [6.45, 7) is -1.25. The molecule has 0 amide bonds. The maximum Gasteiger partial charge on any atom is 0.422 e. The third-order valence-electron chi connectivity index (χ3n) is 1.80. The van der Waals surface area contributed by atoms with Crippen LogP contribution in [0.15, 0.2) is 18.2 Å². The summed E-state index contributed by atoms with van der Waals surface area (Å²) in [5.74, 6) is -1.15. The summed E-state index contributed by atoms with van der Waals surface area (Å²) in [6.07, 6.45) is -4.47. The van der Waals surface area contributed by atoms with Gasteiger partial charge in [-0.25, -0.2) is 4.39 Å². The number of rotatable bonds is 4. The summed E-state index contributed by atoms with van der Waals surface area (Å²) in [5, 5.41) is 2.72. The molecule has 1 rings (SSSR count). The molecule has 0 aliphatic rings. The zero-order chi connectivity index (χ0) is 12.2. The van der Waals surface area contributed by atoms with Crippen molar-refractivity contribution in [1.29, 1.82) is 0 Å². The molecule has 0 unspecified atom stereocenters. The summed E-state index contributed by atoms with van der Waals surface area (Å²) < 4.78 is 53.5. The molecular weight excluding hydrogens is 226 g/mol. The highest BCUT2D eigenvalue weighted by Crippen LogP contribution is 2.25. The van der Waals surface area contributed by atoms with Crippen LogP contribution >= 0.6 is 0 Å². The molecule has 0 spiro atoms. The van der Waals surface area contributed by atoms with Crippen LogP contribution in [0.2, 0.25) is 0 Å². The molecule has 0 heterocycles. The summed E-state index contributed by atoms with van der Waals surface area (Å²) in [6, 6.07) is 3.98. The average molecular weight is 237 g/mol. The predicted octanol–water partition coefficient (Wildman–Crippen LogP) is 2.49. The molecule has 0 saturated heterocycles. The Bertz CT molecular complexity index is 351. The van der Waals surface area contributed by atoms with Crippen LogP contribution in [0, 0.1) is 5.82 Å². The first kappa shape index (κ1) is 12.8. The van der Waals surface area contributed by atoms with Gasteiger partial charge in [-0.2, -0.15) is 13.2 Å². The maximum absolute atomic E-state index is 13.2. The van der Waals surface area contributed by atoms with E-state index in [4.69, 9.17) is 0 Å². The minimum Gasteiger partial charge on any atom is -0.481 e. The van der Waals surface area contributed by atoms with Crippen LogP contribution in [0.1, 0.15) is 5.56 Å². The van der Waals surface area contributed by atoms with E-state index in [1.807, 2.05) is 0 Å². The lowest BCUT2D eigenvalue weighted by Gasteiger charge is -2.13. The largest absolute Gasteiger partial charge is 0.481 e. The lowest BCUT2D eigenvalue weighted by atomic mass is 10.2. The fourth-order valence-electron chi connectivity index (χ4n) is 1.20. The number of alkyl halides is 3. The van der Waals surface area contributed by atoms with Crippen molar-refractivity contribution in [2.45, 2.75) is 12.7 Å². The highest BCUT2D eigenvalue weighted by atomic mass is 19.4. The second-order valence-corrected chi connectivity index (χ2v) is 3.16. The molecule has 0 aliphatic carbocycles. The Kier molecular flexibility index (Phi) is 4.12. The van der Waals surface area contributed by atoms with E-state index in [0.29, 0.717) is 5.56 Å². The number of halogens is 4. The Hall–Kier alpha value is -1.30. The van der Waals surface area contributed by atoms with Crippen molar-refractivity contribution in [2.75, 3.05) is 13.7 Å². The van der Waals surface area contributed by atoms with Crippen molar-refractivity contribution in [3.63, 3.8) is 0 Å². The molecule has 0 bridgehead atoms. The van der Waals surface area contributed by atoms with Crippen molar-refractivity contribution in [2.24, 2.45) is 0 Å². The van der Waals surface area contributed by atoms with Crippen molar-refractivity contribution in [3.8, 4) is 5.75 Å². The quantitative estimate of drug-likeness (QED) is 0.812. The van der Waals surface area contributed by atoms with Gasteiger partial charge in [-0.15, -0.1) is 0 Å². The monoisotopic (exact) mass is 237 g/mol. The van der Waals surface area contributed by atoms with E-state index in [1.54, 1.807) is 7.05 Å². The Morgan fingerprint density at radius 3 is 2.56 bits per heavy atom. The van der Waals surface area contributed by atoms with Gasteiger partial charge in [0.1, 0.15) is 0 Å². The van der Waals surface area contributed by atoms with E-state index >= 15 is 0 Å². The normalized spacial score (nSPS) is 11.6. The number of para-hydroxylation sites is 1. The molecule has 0 atom stereocenters. The van der Waals surface area contributed by atoms with Crippen LogP contribution in [0.3, 0.4) is 0 Å². The first-order valence-corrected chi connectivity index (χ1v) is 4.55. The molecule has 6 heteroatoms. The predicted molar refractivity (Wildman–Crippen MR) is 50.7 cm³/mol. The fourth-order valence-corrected chi connectivity index (χ4v) is 1.20. The molecule has 1 aromatic rings. The van der Waals surface area contributed by atoms with Gasteiger partial charge in [0, 0.05) is 12.1 Å². The fraction of sp³-hybridized carbons (Fsp3) is 0.400. The minimum absolute atomic E-state index is 0.241. The van der Waals surface area contributed by atoms with Gasteiger partial charge < -0.3 is 10.1 Å². The van der Waals surface area contributed by atoms with Crippen LogP contribution in [0.25, 0.3) is 0 Å². The van der Waals surface area contributed by atoms with E-state index in [0.717, 1.165) is 6.07 Å². The van der Waals surface area contributed by atoms with E-state index < -0.39 is 18.6 Å². The Morgan fingerprint density at radius 1 is 1.31 bits per heavy atom. The lowest BCUT2D eigenvalue weighted by molar-refractivity contribution is -0.153. The lowest BCUT2D eigenvalue weighted by Crippen LogP contribution is -2.20. The molecule has 2 nitrogen and oxygen atoms in total. The topological polar surface area (TPSA) is 21.3 Å². The van der Waals surface area contributed by atoms with Crippen LogP contribution < -0.4 is 10.1 Å². The third-order valence-corrected chi connectivity index (χ3v) is 1.80. The maximum atomic E-state index is 13.2. The van der Waals surface area contributed by atoms with E-state index in [1.165, 1.54) is 12.1 Å². The zero-order valence-corrected chi connectivity index (χ0v) is 8.57. The second-order valence-electron chi connectivity index (χ2n) is 3.16. The summed E-state index contributed by atoms with van der Waals surface area (Å²) in [7, 11) is 1.61. The third kappa shape index (κ3) is 3.69. The van der Waals surface area contributed by atoms with E-state index in [9.17, 15) is 17.6 Å². The summed E-state index contributed by atoms with van der Waals surface area (Å²) in [5.41, 5.74) is 0.353. The molecule has 0 fully saturated rings. The molecule has 0 saturated carbocycles. The number of benzene rings is 1. The molecule has 0 radical (unpaired) electrons. The van der Waals surface area contributed by atoms with Gasteiger partial charge >= 0.3 is 6.18 Å². The Labute approximate surface area is 90.2 Å². The van der Waals surface area contributed by atoms with Gasteiger partial charge in [-0.3, -0.25) is 0 Å². The molecule has 0 aromatic heterocycles. The molecule has 0 aliphatic heterocycles. The highest BCUT2D eigenvalue weighted by Gasteiger charge is 2.29. The Balaban J connectivity index is 2.84. The molecule has 1 aromatic carbocycles. The minimum atomic E-state index is -4.47. The number of hydrogen-bond acceptors (Lipinski definition) is 2. The van der Waals surface area contributed by atoms with Gasteiger partial charge in [-0.05, 0) is 13.1 Å². The first-order chi connectivity index (χ1) is 7.44. The van der Waals surface area contributed by atoms with Gasteiger partial charge in [0.2, 0.25) is 0 Å².